The maximum atomic E-state index is 12.5. The minimum atomic E-state index is -0.189. The summed E-state index contributed by atoms with van der Waals surface area (Å²) in [5.41, 5.74) is 6.76. The Morgan fingerprint density at radius 1 is 1.04 bits per heavy atom. The van der Waals surface area contributed by atoms with E-state index >= 15 is 0 Å². The van der Waals surface area contributed by atoms with Gasteiger partial charge in [0.1, 0.15) is 0 Å². The molecule has 4 N–H and O–H groups in total. The molecule has 0 saturated heterocycles. The SMILES string of the molecule is CCCCCCCOCCNC(=O)C(CCCCN)NCc1ccccc1. The second-order valence-electron chi connectivity index (χ2n) is 7.02. The summed E-state index contributed by atoms with van der Waals surface area (Å²) < 4.78 is 5.62. The summed E-state index contributed by atoms with van der Waals surface area (Å²) in [5, 5.41) is 6.38. The van der Waals surface area contributed by atoms with Gasteiger partial charge in [-0.1, -0.05) is 69.4 Å². The summed E-state index contributed by atoms with van der Waals surface area (Å²) in [4.78, 5) is 12.5. The minimum Gasteiger partial charge on any atom is -0.380 e. The third-order valence-corrected chi connectivity index (χ3v) is 4.60. The zero-order chi connectivity index (χ0) is 19.6. The van der Waals surface area contributed by atoms with Crippen LogP contribution in [0.4, 0.5) is 0 Å². The van der Waals surface area contributed by atoms with Crippen LogP contribution in [-0.4, -0.2) is 38.3 Å². The fraction of sp³-hybridized carbons (Fsp3) is 0.682. The first-order chi connectivity index (χ1) is 13.3. The number of nitrogens with two attached hydrogens (primary N) is 1. The van der Waals surface area contributed by atoms with Crippen molar-refractivity contribution in [3.8, 4) is 0 Å². The van der Waals surface area contributed by atoms with Gasteiger partial charge in [-0.05, 0) is 31.4 Å². The Labute approximate surface area is 165 Å². The third kappa shape index (κ3) is 12.6. The Balaban J connectivity index is 2.22. The predicted molar refractivity (Wildman–Crippen MR) is 113 cm³/mol. The molecule has 0 fully saturated rings. The van der Waals surface area contributed by atoms with Gasteiger partial charge in [-0.3, -0.25) is 4.79 Å². The number of carbonyl (C=O) groups excluding carboxylic acids is 1. The molecule has 5 heteroatoms. The van der Waals surface area contributed by atoms with Gasteiger partial charge in [0.25, 0.3) is 0 Å². The average Bonchev–Trinajstić information content (AvgIpc) is 2.70. The van der Waals surface area contributed by atoms with Crippen molar-refractivity contribution in [2.45, 2.75) is 70.9 Å². The lowest BCUT2D eigenvalue weighted by Crippen LogP contribution is -2.44. The molecule has 1 rings (SSSR count). The molecule has 0 bridgehead atoms. The first-order valence-electron chi connectivity index (χ1n) is 10.6. The van der Waals surface area contributed by atoms with Gasteiger partial charge in [0.2, 0.25) is 5.91 Å². The standard InChI is InChI=1S/C22H39N3O2/c1-2-3-4-5-11-17-27-18-16-24-22(26)21(14-9-10-15-23)25-19-20-12-7-6-8-13-20/h6-8,12-13,21,25H,2-5,9-11,14-19,23H2,1H3,(H,24,26). The van der Waals surface area contributed by atoms with Crippen molar-refractivity contribution in [3.63, 3.8) is 0 Å². The highest BCUT2D eigenvalue weighted by molar-refractivity contribution is 5.81. The molecule has 5 nitrogen and oxygen atoms in total. The molecular weight excluding hydrogens is 338 g/mol. The summed E-state index contributed by atoms with van der Waals surface area (Å²) in [6, 6.07) is 9.97. The van der Waals surface area contributed by atoms with Gasteiger partial charge in [0.05, 0.1) is 12.6 Å². The number of amides is 1. The van der Waals surface area contributed by atoms with Crippen molar-refractivity contribution >= 4 is 5.91 Å². The van der Waals surface area contributed by atoms with Crippen molar-refractivity contribution in [3.05, 3.63) is 35.9 Å². The van der Waals surface area contributed by atoms with Gasteiger partial charge in [-0.2, -0.15) is 0 Å². The highest BCUT2D eigenvalue weighted by atomic mass is 16.5. The van der Waals surface area contributed by atoms with E-state index in [1.807, 2.05) is 18.2 Å². The monoisotopic (exact) mass is 377 g/mol. The van der Waals surface area contributed by atoms with Crippen LogP contribution in [0.25, 0.3) is 0 Å². The summed E-state index contributed by atoms with van der Waals surface area (Å²) in [5.74, 6) is 0.0505. The largest absolute Gasteiger partial charge is 0.380 e. The Morgan fingerprint density at radius 3 is 2.56 bits per heavy atom. The fourth-order valence-electron chi connectivity index (χ4n) is 2.93. The molecular formula is C22H39N3O2. The van der Waals surface area contributed by atoms with Crippen LogP contribution in [-0.2, 0) is 16.1 Å². The summed E-state index contributed by atoms with van der Waals surface area (Å²) >= 11 is 0. The van der Waals surface area contributed by atoms with Crippen LogP contribution in [0.3, 0.4) is 0 Å². The minimum absolute atomic E-state index is 0.0505. The Hall–Kier alpha value is -1.43. The molecule has 0 aliphatic heterocycles. The second-order valence-corrected chi connectivity index (χ2v) is 7.02. The van der Waals surface area contributed by atoms with Gasteiger partial charge < -0.3 is 21.1 Å². The number of unbranched alkanes of at least 4 members (excludes halogenated alkanes) is 5. The number of ether oxygens (including phenoxy) is 1. The zero-order valence-electron chi connectivity index (χ0n) is 17.1. The van der Waals surface area contributed by atoms with E-state index in [0.717, 1.165) is 32.3 Å². The lowest BCUT2D eigenvalue weighted by Gasteiger charge is -2.18. The molecule has 0 radical (unpaired) electrons. The molecule has 0 aliphatic carbocycles. The Kier molecular flexibility index (Phi) is 14.6. The Bertz CT molecular complexity index is 468. The highest BCUT2D eigenvalue weighted by Gasteiger charge is 2.16. The van der Waals surface area contributed by atoms with E-state index in [2.05, 4.69) is 29.7 Å². The van der Waals surface area contributed by atoms with Crippen LogP contribution in [0.15, 0.2) is 30.3 Å². The van der Waals surface area contributed by atoms with E-state index in [0.29, 0.717) is 26.2 Å². The maximum Gasteiger partial charge on any atom is 0.237 e. The third-order valence-electron chi connectivity index (χ3n) is 4.60. The van der Waals surface area contributed by atoms with Crippen LogP contribution >= 0.6 is 0 Å². The lowest BCUT2D eigenvalue weighted by molar-refractivity contribution is -0.123. The number of hydrogen-bond acceptors (Lipinski definition) is 4. The van der Waals surface area contributed by atoms with Crippen LogP contribution in [0.1, 0.15) is 63.9 Å². The molecule has 0 saturated carbocycles. The van der Waals surface area contributed by atoms with Gasteiger partial charge in [-0.25, -0.2) is 0 Å². The highest BCUT2D eigenvalue weighted by Crippen LogP contribution is 2.04. The number of rotatable bonds is 17. The molecule has 1 aromatic rings. The van der Waals surface area contributed by atoms with Crippen LogP contribution < -0.4 is 16.4 Å². The number of carbonyl (C=O) groups is 1. The molecule has 1 amide bonds. The molecule has 1 aromatic carbocycles. The number of benzene rings is 1. The van der Waals surface area contributed by atoms with Crippen molar-refractivity contribution in [2.24, 2.45) is 5.73 Å². The van der Waals surface area contributed by atoms with E-state index < -0.39 is 0 Å². The van der Waals surface area contributed by atoms with Crippen LogP contribution in [0, 0.1) is 0 Å². The van der Waals surface area contributed by atoms with E-state index in [9.17, 15) is 4.79 Å². The smallest absolute Gasteiger partial charge is 0.237 e. The van der Waals surface area contributed by atoms with Gasteiger partial charge in [0.15, 0.2) is 0 Å². The molecule has 154 valence electrons. The number of hydrogen-bond donors (Lipinski definition) is 3. The molecule has 0 aromatic heterocycles. The second kappa shape index (κ2) is 16.7. The van der Waals surface area contributed by atoms with E-state index in [4.69, 9.17) is 10.5 Å². The molecule has 0 heterocycles. The van der Waals surface area contributed by atoms with Crippen molar-refractivity contribution in [1.29, 1.82) is 0 Å². The van der Waals surface area contributed by atoms with Crippen molar-refractivity contribution in [1.82, 2.24) is 10.6 Å². The van der Waals surface area contributed by atoms with Crippen molar-refractivity contribution < 1.29 is 9.53 Å². The van der Waals surface area contributed by atoms with E-state index in [1.165, 1.54) is 31.2 Å². The summed E-state index contributed by atoms with van der Waals surface area (Å²) in [6.07, 6.45) is 8.88. The number of nitrogens with one attached hydrogen (secondary N) is 2. The molecule has 0 aliphatic rings. The maximum absolute atomic E-state index is 12.5. The Morgan fingerprint density at radius 2 is 1.81 bits per heavy atom. The van der Waals surface area contributed by atoms with Gasteiger partial charge in [-0.15, -0.1) is 0 Å². The summed E-state index contributed by atoms with van der Waals surface area (Å²) in [6.45, 7) is 5.50. The first kappa shape index (κ1) is 23.6. The first-order valence-corrected chi connectivity index (χ1v) is 10.6. The summed E-state index contributed by atoms with van der Waals surface area (Å²) in [7, 11) is 0. The van der Waals surface area contributed by atoms with E-state index in [1.54, 1.807) is 0 Å². The average molecular weight is 378 g/mol. The normalized spacial score (nSPS) is 12.1. The van der Waals surface area contributed by atoms with Crippen molar-refractivity contribution in [2.75, 3.05) is 26.3 Å². The molecule has 27 heavy (non-hydrogen) atoms. The topological polar surface area (TPSA) is 76.4 Å². The van der Waals surface area contributed by atoms with Crippen LogP contribution in [0.5, 0.6) is 0 Å². The van der Waals surface area contributed by atoms with Gasteiger partial charge in [0, 0.05) is 19.7 Å². The molecule has 0 spiro atoms. The zero-order valence-corrected chi connectivity index (χ0v) is 17.1. The van der Waals surface area contributed by atoms with E-state index in [-0.39, 0.29) is 11.9 Å². The van der Waals surface area contributed by atoms with Gasteiger partial charge >= 0.3 is 0 Å². The van der Waals surface area contributed by atoms with Crippen LogP contribution in [0.2, 0.25) is 0 Å². The predicted octanol–water partition coefficient (Wildman–Crippen LogP) is 3.38. The lowest BCUT2D eigenvalue weighted by atomic mass is 10.1. The molecule has 1 unspecified atom stereocenters. The molecule has 1 atom stereocenters. The fourth-order valence-corrected chi connectivity index (χ4v) is 2.93. The quantitative estimate of drug-likeness (QED) is 0.364.